The van der Waals surface area contributed by atoms with Crippen LogP contribution in [0.3, 0.4) is 0 Å². The number of rotatable bonds is 1. The van der Waals surface area contributed by atoms with E-state index in [1.54, 1.807) is 0 Å². The van der Waals surface area contributed by atoms with Crippen molar-refractivity contribution in [1.82, 2.24) is 0 Å². The second-order valence-corrected chi connectivity index (χ2v) is 10.3. The number of fused-ring (bicyclic) bond motifs is 5. The molecular formula is C21H29ClO4. The standard InChI is InChI=1S/C21H29ClO4/c1-11(23)21(26)9-6-13-12-4-5-14-18(22)15(24)7-8-19(14,2)17(12)16(25)10-20(13,21)3/h12-14,17-18,26H,4-10H2,1-3H3/t12-,13-,14+,17+,18+,19-,20-,21+/m0/s1. The number of Topliss-reactive ketones (excluding diaryl/α,β-unsaturated/α-hetero) is 3. The van der Waals surface area contributed by atoms with Crippen molar-refractivity contribution in [2.45, 2.75) is 76.7 Å². The quantitative estimate of drug-likeness (QED) is 0.708. The van der Waals surface area contributed by atoms with Gasteiger partial charge in [-0.15, -0.1) is 11.6 Å². The summed E-state index contributed by atoms with van der Waals surface area (Å²) >= 11 is 6.49. The molecule has 0 aliphatic heterocycles. The first-order chi connectivity index (χ1) is 12.1. The molecule has 0 aromatic carbocycles. The fourth-order valence-corrected chi connectivity index (χ4v) is 8.02. The summed E-state index contributed by atoms with van der Waals surface area (Å²) < 4.78 is 0. The Morgan fingerprint density at radius 2 is 1.77 bits per heavy atom. The highest BCUT2D eigenvalue weighted by molar-refractivity contribution is 6.31. The van der Waals surface area contributed by atoms with Gasteiger partial charge in [0.2, 0.25) is 0 Å². The van der Waals surface area contributed by atoms with Crippen LogP contribution in [0, 0.1) is 34.5 Å². The molecule has 5 heteroatoms. The average molecular weight is 381 g/mol. The topological polar surface area (TPSA) is 71.4 Å². The molecule has 8 atom stereocenters. The van der Waals surface area contributed by atoms with E-state index in [1.807, 2.05) is 6.92 Å². The Hall–Kier alpha value is -0.740. The Bertz CT molecular complexity index is 689. The lowest BCUT2D eigenvalue weighted by Crippen LogP contribution is -2.62. The van der Waals surface area contributed by atoms with Crippen LogP contribution in [0.5, 0.6) is 0 Å². The summed E-state index contributed by atoms with van der Waals surface area (Å²) in [7, 11) is 0. The zero-order valence-electron chi connectivity index (χ0n) is 15.9. The fourth-order valence-electron chi connectivity index (χ4n) is 7.49. The number of halogens is 1. The van der Waals surface area contributed by atoms with E-state index in [4.69, 9.17) is 11.6 Å². The van der Waals surface area contributed by atoms with Gasteiger partial charge >= 0.3 is 0 Å². The SMILES string of the molecule is CC(=O)[C@]1(O)CC[C@H]2[C@@H]3CC[C@@H]4[C@@H](Cl)C(=O)CC[C@]4(C)[C@H]3C(=O)C[C@@]21C. The molecule has 4 fully saturated rings. The maximum Gasteiger partial charge on any atom is 0.161 e. The fraction of sp³-hybridized carbons (Fsp3) is 0.857. The van der Waals surface area contributed by atoms with Crippen molar-refractivity contribution < 1.29 is 19.5 Å². The van der Waals surface area contributed by atoms with Crippen molar-refractivity contribution in [3.8, 4) is 0 Å². The molecule has 0 amide bonds. The second kappa shape index (κ2) is 5.64. The Morgan fingerprint density at radius 3 is 2.42 bits per heavy atom. The first kappa shape index (κ1) is 18.6. The number of ketones is 3. The van der Waals surface area contributed by atoms with E-state index >= 15 is 0 Å². The lowest BCUT2D eigenvalue weighted by atomic mass is 9.44. The lowest BCUT2D eigenvalue weighted by Gasteiger charge is -2.60. The van der Waals surface area contributed by atoms with Crippen molar-refractivity contribution in [2.75, 3.05) is 0 Å². The van der Waals surface area contributed by atoms with Crippen molar-refractivity contribution in [1.29, 1.82) is 0 Å². The van der Waals surface area contributed by atoms with Gasteiger partial charge in [-0.05, 0) is 62.2 Å². The van der Waals surface area contributed by atoms with Gasteiger partial charge in [0, 0.05) is 24.2 Å². The van der Waals surface area contributed by atoms with Gasteiger partial charge in [0.25, 0.3) is 0 Å². The average Bonchev–Trinajstić information content (AvgIpc) is 2.83. The number of carbonyl (C=O) groups excluding carboxylic acids is 3. The molecule has 4 rings (SSSR count). The third kappa shape index (κ3) is 2.09. The van der Waals surface area contributed by atoms with Gasteiger partial charge in [0.15, 0.2) is 11.6 Å². The summed E-state index contributed by atoms with van der Waals surface area (Å²) in [4.78, 5) is 37.8. The van der Waals surface area contributed by atoms with Crippen LogP contribution in [0.1, 0.15) is 65.7 Å². The minimum atomic E-state index is -1.38. The minimum absolute atomic E-state index is 0.0630. The Kier molecular flexibility index (Phi) is 4.03. The van der Waals surface area contributed by atoms with Gasteiger partial charge in [-0.2, -0.15) is 0 Å². The molecular weight excluding hydrogens is 352 g/mol. The Labute approximate surface area is 160 Å². The lowest BCUT2D eigenvalue weighted by molar-refractivity contribution is -0.176. The third-order valence-electron chi connectivity index (χ3n) is 8.94. The Morgan fingerprint density at radius 1 is 1.08 bits per heavy atom. The molecule has 4 saturated carbocycles. The zero-order valence-corrected chi connectivity index (χ0v) is 16.6. The van der Waals surface area contributed by atoms with E-state index in [1.165, 1.54) is 6.92 Å². The highest BCUT2D eigenvalue weighted by Gasteiger charge is 2.69. The van der Waals surface area contributed by atoms with Crippen LogP contribution in [0.25, 0.3) is 0 Å². The van der Waals surface area contributed by atoms with Crippen LogP contribution in [0.2, 0.25) is 0 Å². The van der Waals surface area contributed by atoms with Crippen molar-refractivity contribution >= 4 is 29.0 Å². The maximum atomic E-state index is 13.4. The highest BCUT2D eigenvalue weighted by Crippen LogP contribution is 2.67. The molecule has 0 heterocycles. The van der Waals surface area contributed by atoms with Crippen LogP contribution < -0.4 is 0 Å². The monoisotopic (exact) mass is 380 g/mol. The summed E-state index contributed by atoms with van der Waals surface area (Å²) in [6.45, 7) is 5.56. The van der Waals surface area contributed by atoms with Gasteiger partial charge < -0.3 is 5.11 Å². The van der Waals surface area contributed by atoms with Gasteiger partial charge in [0.05, 0.1) is 5.38 Å². The van der Waals surface area contributed by atoms with Crippen molar-refractivity contribution in [3.05, 3.63) is 0 Å². The number of hydrogen-bond acceptors (Lipinski definition) is 4. The van der Waals surface area contributed by atoms with E-state index in [0.717, 1.165) is 25.7 Å². The molecule has 0 unspecified atom stereocenters. The largest absolute Gasteiger partial charge is 0.381 e. The normalized spacial score (nSPS) is 53.7. The summed E-state index contributed by atoms with van der Waals surface area (Å²) in [5.74, 6) is 0.415. The molecule has 4 aliphatic carbocycles. The van der Waals surface area contributed by atoms with Gasteiger partial charge in [-0.3, -0.25) is 14.4 Å². The summed E-state index contributed by atoms with van der Waals surface area (Å²) in [5, 5.41) is 10.7. The van der Waals surface area contributed by atoms with Crippen LogP contribution >= 0.6 is 11.6 Å². The number of aliphatic hydroxyl groups is 1. The zero-order chi connectivity index (χ0) is 19.1. The van der Waals surface area contributed by atoms with Crippen LogP contribution in [0.4, 0.5) is 0 Å². The summed E-state index contributed by atoms with van der Waals surface area (Å²) in [6, 6.07) is 0. The molecule has 0 aromatic rings. The number of hydrogen-bond donors (Lipinski definition) is 1. The maximum absolute atomic E-state index is 13.4. The van der Waals surface area contributed by atoms with E-state index < -0.39 is 16.4 Å². The molecule has 0 spiro atoms. The molecule has 144 valence electrons. The summed E-state index contributed by atoms with van der Waals surface area (Å²) in [6.07, 6.45) is 4.42. The van der Waals surface area contributed by atoms with Crippen molar-refractivity contribution in [2.24, 2.45) is 34.5 Å². The molecule has 0 radical (unpaired) electrons. The molecule has 1 N–H and O–H groups in total. The predicted molar refractivity (Wildman–Crippen MR) is 97.8 cm³/mol. The van der Waals surface area contributed by atoms with E-state index in [-0.39, 0.29) is 52.9 Å². The molecule has 0 bridgehead atoms. The first-order valence-corrected chi connectivity index (χ1v) is 10.4. The molecule has 0 saturated heterocycles. The summed E-state index contributed by atoms with van der Waals surface area (Å²) in [5.41, 5.74) is -2.28. The highest BCUT2D eigenvalue weighted by atomic mass is 35.5. The number of alkyl halides is 1. The van der Waals surface area contributed by atoms with Crippen LogP contribution in [0.15, 0.2) is 0 Å². The minimum Gasteiger partial charge on any atom is -0.381 e. The van der Waals surface area contributed by atoms with E-state index in [0.29, 0.717) is 12.8 Å². The molecule has 4 nitrogen and oxygen atoms in total. The van der Waals surface area contributed by atoms with Crippen molar-refractivity contribution in [3.63, 3.8) is 0 Å². The smallest absolute Gasteiger partial charge is 0.161 e. The van der Waals surface area contributed by atoms with Crippen LogP contribution in [-0.4, -0.2) is 33.4 Å². The van der Waals surface area contributed by atoms with Gasteiger partial charge in [0.1, 0.15) is 11.4 Å². The van der Waals surface area contributed by atoms with E-state index in [9.17, 15) is 19.5 Å². The third-order valence-corrected chi connectivity index (χ3v) is 9.48. The van der Waals surface area contributed by atoms with E-state index in [2.05, 4.69) is 6.92 Å². The molecule has 4 aliphatic rings. The molecule has 0 aromatic heterocycles. The van der Waals surface area contributed by atoms with Crippen LogP contribution in [-0.2, 0) is 14.4 Å². The predicted octanol–water partition coefficient (Wildman–Crippen LogP) is 3.31. The Balaban J connectivity index is 1.73. The first-order valence-electron chi connectivity index (χ1n) is 9.99. The number of carbonyl (C=O) groups is 3. The molecule has 26 heavy (non-hydrogen) atoms. The van der Waals surface area contributed by atoms with Gasteiger partial charge in [-0.1, -0.05) is 13.8 Å². The second-order valence-electron chi connectivity index (χ2n) is 9.82. The van der Waals surface area contributed by atoms with Gasteiger partial charge in [-0.25, -0.2) is 0 Å².